The zero-order valence-corrected chi connectivity index (χ0v) is 31.8. The van der Waals surface area contributed by atoms with Crippen molar-refractivity contribution in [2.75, 3.05) is 31.7 Å². The number of ether oxygens (including phenoxy) is 2. The molecule has 0 aliphatic carbocycles. The molecule has 0 bridgehead atoms. The van der Waals surface area contributed by atoms with Gasteiger partial charge in [-0.15, -0.1) is 0 Å². The van der Waals surface area contributed by atoms with Crippen LogP contribution in [0.3, 0.4) is 0 Å². The summed E-state index contributed by atoms with van der Waals surface area (Å²) in [6.45, 7) is 2.12. The lowest BCUT2D eigenvalue weighted by atomic mass is 10.2. The van der Waals surface area contributed by atoms with Crippen LogP contribution in [0.5, 0.6) is 0 Å². The fourth-order valence-electron chi connectivity index (χ4n) is 4.30. The van der Waals surface area contributed by atoms with Gasteiger partial charge in [-0.2, -0.15) is 13.5 Å². The topological polar surface area (TPSA) is 249 Å². The highest BCUT2D eigenvalue weighted by molar-refractivity contribution is 7.99. The van der Waals surface area contributed by atoms with Crippen molar-refractivity contribution in [2.45, 2.75) is 49.5 Å². The number of rotatable bonds is 14. The highest BCUT2D eigenvalue weighted by atomic mass is 35.5. The summed E-state index contributed by atoms with van der Waals surface area (Å²) in [4.78, 5) is 82.6. The second-order valence-electron chi connectivity index (χ2n) is 10.8. The summed E-state index contributed by atoms with van der Waals surface area (Å²) in [7, 11) is 0. The van der Waals surface area contributed by atoms with Gasteiger partial charge < -0.3 is 34.7 Å². The number of carbonyl (C=O) groups excluding carboxylic acids is 2. The number of pyridine rings is 2. The molecule has 304 valence electrons. The lowest BCUT2D eigenvalue weighted by Gasteiger charge is -2.16. The van der Waals surface area contributed by atoms with Gasteiger partial charge in [0.1, 0.15) is 23.3 Å². The van der Waals surface area contributed by atoms with Crippen molar-refractivity contribution in [2.24, 2.45) is 0 Å². The van der Waals surface area contributed by atoms with Crippen LogP contribution in [0, 0.1) is 5.21 Å². The Morgan fingerprint density at radius 1 is 0.947 bits per heavy atom. The minimum atomic E-state index is -3.52. The first-order valence-electron chi connectivity index (χ1n) is 16.6. The molecule has 0 saturated heterocycles. The van der Waals surface area contributed by atoms with Crippen LogP contribution in [0.1, 0.15) is 19.5 Å². The fourth-order valence-corrected chi connectivity index (χ4v) is 5.29. The highest BCUT2D eigenvalue weighted by Gasteiger charge is 2.39. The molecule has 0 amide bonds. The zero-order chi connectivity index (χ0) is 42.0. The summed E-state index contributed by atoms with van der Waals surface area (Å²) in [5.41, 5.74) is -3.35. The third-order valence-electron chi connectivity index (χ3n) is 6.86. The predicted molar refractivity (Wildman–Crippen MR) is 200 cm³/mol. The molecule has 0 unspecified atom stereocenters. The van der Waals surface area contributed by atoms with E-state index in [0.29, 0.717) is 5.03 Å². The van der Waals surface area contributed by atoms with Crippen LogP contribution in [-0.2, 0) is 44.6 Å². The lowest BCUT2D eigenvalue weighted by Crippen LogP contribution is -2.41. The summed E-state index contributed by atoms with van der Waals surface area (Å²) >= 11 is 6.92. The maximum Gasteiger partial charge on any atom is 0.347 e. The number of esters is 2. The van der Waals surface area contributed by atoms with E-state index in [1.807, 2.05) is 6.07 Å². The van der Waals surface area contributed by atoms with Gasteiger partial charge in [-0.25, -0.2) is 15.0 Å². The summed E-state index contributed by atoms with van der Waals surface area (Å²) in [6, 6.07) is 9.04. The van der Waals surface area contributed by atoms with Gasteiger partial charge in [0, 0.05) is 43.1 Å². The first kappa shape index (κ1) is 45.1. The van der Waals surface area contributed by atoms with Gasteiger partial charge in [-0.3, -0.25) is 37.9 Å². The predicted octanol–water partition coefficient (Wildman–Crippen LogP) is 1.18. The largest absolute Gasteiger partial charge is 0.618 e. The normalized spacial score (nSPS) is 10.6. The Morgan fingerprint density at radius 2 is 1.61 bits per heavy atom. The van der Waals surface area contributed by atoms with Crippen molar-refractivity contribution in [1.29, 1.82) is 0 Å². The van der Waals surface area contributed by atoms with Gasteiger partial charge in [0.05, 0.1) is 39.1 Å². The Hall–Kier alpha value is -6.26. The van der Waals surface area contributed by atoms with Gasteiger partial charge in [0.25, 0.3) is 16.8 Å². The molecule has 0 spiro atoms. The Balaban J connectivity index is 0.000000236. The van der Waals surface area contributed by atoms with E-state index in [-0.39, 0.29) is 65.7 Å². The number of hydrogen-bond donors (Lipinski definition) is 3. The first-order chi connectivity index (χ1) is 27.2. The number of halogens is 3. The molecule has 19 nitrogen and oxygen atoms in total. The monoisotopic (exact) mass is 835 g/mol. The van der Waals surface area contributed by atoms with Crippen LogP contribution >= 0.6 is 23.4 Å². The average molecular weight is 836 g/mol. The van der Waals surface area contributed by atoms with Crippen molar-refractivity contribution in [1.82, 2.24) is 33.6 Å². The SMILES string of the molecule is CCOC(=O)Cn1cc[nH]c(=O)c1=O.CCOC(=O)Cn1ccnc(Sc2ccccn2)c1=O.O=c1c(NCC(F)(F)c2cccc[n+]2[O-])ncc(Cl)n1CCO. The highest BCUT2D eigenvalue weighted by Crippen LogP contribution is 2.25. The molecule has 23 heteroatoms. The minimum Gasteiger partial charge on any atom is -0.618 e. The van der Waals surface area contributed by atoms with E-state index >= 15 is 0 Å². The molecule has 0 fully saturated rings. The summed E-state index contributed by atoms with van der Waals surface area (Å²) < 4.78 is 40.9. The van der Waals surface area contributed by atoms with Gasteiger partial charge in [0.15, 0.2) is 17.0 Å². The summed E-state index contributed by atoms with van der Waals surface area (Å²) in [5, 5.41) is 23.4. The smallest absolute Gasteiger partial charge is 0.347 e. The first-order valence-corrected chi connectivity index (χ1v) is 17.8. The molecule has 5 aromatic rings. The third kappa shape index (κ3) is 13.8. The zero-order valence-electron chi connectivity index (χ0n) is 30.2. The Kier molecular flexibility index (Phi) is 17.7. The number of aliphatic hydroxyl groups excluding tert-OH is 1. The molecule has 5 rings (SSSR count). The number of carbonyl (C=O) groups is 2. The molecule has 0 atom stereocenters. The van der Waals surface area contributed by atoms with Crippen LogP contribution in [0.25, 0.3) is 0 Å². The van der Waals surface area contributed by atoms with Gasteiger partial charge >= 0.3 is 29.0 Å². The Labute approximate surface area is 330 Å². The minimum absolute atomic E-state index is 0.0261. The standard InChI is InChI=1S/C13H13ClF2N4O3.C13H13N3O3S.C8H10N2O4/c14-10-7-17-11(12(22)19(10)5-6-21)18-8-13(15,16)9-3-1-2-4-20(9)23;1-2-19-11(17)9-16-8-7-15-12(13(16)18)20-10-5-3-4-6-14-10;1-2-14-6(11)5-10-4-3-9-7(12)8(10)13/h1-4,7,21H,5-6,8H2,(H,17,18);3-8H,2,9H2,1H3;3-4H,2,5H2,1H3,(H,9,12). The van der Waals surface area contributed by atoms with E-state index in [9.17, 15) is 42.8 Å². The molecular weight excluding hydrogens is 800 g/mol. The van der Waals surface area contributed by atoms with Crippen molar-refractivity contribution in [3.63, 3.8) is 0 Å². The number of nitrogens with one attached hydrogen (secondary N) is 2. The van der Waals surface area contributed by atoms with E-state index < -0.39 is 46.8 Å². The molecule has 5 heterocycles. The van der Waals surface area contributed by atoms with Crippen molar-refractivity contribution < 1.29 is 37.7 Å². The van der Waals surface area contributed by atoms with Crippen molar-refractivity contribution in [3.05, 3.63) is 137 Å². The molecule has 0 saturated carbocycles. The maximum absolute atomic E-state index is 14.1. The number of H-pyrrole nitrogens is 1. The summed E-state index contributed by atoms with van der Waals surface area (Å²) in [5.74, 6) is -4.86. The summed E-state index contributed by atoms with van der Waals surface area (Å²) in [6.07, 6.45) is 9.26. The second kappa shape index (κ2) is 22.3. The maximum atomic E-state index is 14.1. The van der Waals surface area contributed by atoms with Crippen LogP contribution in [0.15, 0.2) is 109 Å². The molecule has 3 N–H and O–H groups in total. The van der Waals surface area contributed by atoms with E-state index in [2.05, 4.69) is 30.0 Å². The Morgan fingerprint density at radius 3 is 2.23 bits per heavy atom. The van der Waals surface area contributed by atoms with Crippen LogP contribution in [-0.4, -0.2) is 77.0 Å². The van der Waals surface area contributed by atoms with Crippen LogP contribution < -0.4 is 32.3 Å². The van der Waals surface area contributed by atoms with E-state index in [4.69, 9.17) is 21.4 Å². The fraction of sp³-hybridized carbons (Fsp3) is 0.294. The quantitative estimate of drug-likeness (QED) is 0.0615. The number of alkyl halides is 2. The number of aromatic amines is 1. The van der Waals surface area contributed by atoms with Gasteiger partial charge in [-0.1, -0.05) is 17.7 Å². The average Bonchev–Trinajstić information content (AvgIpc) is 3.18. The second-order valence-corrected chi connectivity index (χ2v) is 12.2. The molecule has 0 aliphatic rings. The molecule has 0 radical (unpaired) electrons. The third-order valence-corrected chi connectivity index (χ3v) is 8.09. The van der Waals surface area contributed by atoms with E-state index in [1.165, 1.54) is 41.5 Å². The Bertz CT molecular complexity index is 2340. The number of nitrogens with zero attached hydrogens (tertiary/aromatic N) is 7. The molecular formula is C34H36ClF2N9O10S. The van der Waals surface area contributed by atoms with Crippen molar-refractivity contribution in [3.8, 4) is 0 Å². The molecule has 0 aliphatic heterocycles. The molecule has 0 aromatic carbocycles. The van der Waals surface area contributed by atoms with Crippen LogP contribution in [0.4, 0.5) is 14.6 Å². The van der Waals surface area contributed by atoms with Crippen LogP contribution in [0.2, 0.25) is 5.15 Å². The number of hydrogen-bond acceptors (Lipinski definition) is 15. The molecule has 57 heavy (non-hydrogen) atoms. The number of aromatic nitrogens is 8. The van der Waals surface area contributed by atoms with Gasteiger partial charge in [0.2, 0.25) is 0 Å². The number of aliphatic hydroxyl groups is 1. The van der Waals surface area contributed by atoms with E-state index in [1.54, 1.807) is 32.2 Å². The number of anilines is 1. The van der Waals surface area contributed by atoms with Crippen molar-refractivity contribution >= 4 is 41.1 Å². The lowest BCUT2D eigenvalue weighted by molar-refractivity contribution is -0.624. The van der Waals surface area contributed by atoms with E-state index in [0.717, 1.165) is 39.4 Å². The van der Waals surface area contributed by atoms with Gasteiger partial charge in [-0.05, 0) is 43.8 Å². The molecule has 5 aromatic heterocycles.